The largest absolute Gasteiger partial charge is 0.497 e. The summed E-state index contributed by atoms with van der Waals surface area (Å²) in [6.07, 6.45) is 1.29. The number of ether oxygens (including phenoxy) is 1. The van der Waals surface area contributed by atoms with Gasteiger partial charge in [-0.15, -0.1) is 0 Å². The van der Waals surface area contributed by atoms with Gasteiger partial charge in [0.15, 0.2) is 0 Å². The molecular weight excluding hydrogens is 348 g/mol. The molecule has 0 spiro atoms. The first kappa shape index (κ1) is 19.5. The molecule has 0 radical (unpaired) electrons. The maximum Gasteiger partial charge on any atom is 0.228 e. The van der Waals surface area contributed by atoms with Crippen LogP contribution in [-0.4, -0.2) is 19.6 Å². The number of benzene rings is 3. The normalized spacial score (nSPS) is 10.4. The Hall–Kier alpha value is -3.27. The number of carbonyl (C=O) groups excluding carboxylic acids is 1. The minimum absolute atomic E-state index is 0.00645. The Balaban J connectivity index is 1.48. The van der Waals surface area contributed by atoms with Crippen LogP contribution in [0.1, 0.15) is 16.7 Å². The molecule has 0 fully saturated rings. The first-order chi connectivity index (χ1) is 13.6. The second-order valence-corrected chi connectivity index (χ2v) is 6.76. The Morgan fingerprint density at radius 1 is 0.929 bits per heavy atom. The zero-order chi connectivity index (χ0) is 19.8. The zero-order valence-corrected chi connectivity index (χ0v) is 16.4. The summed E-state index contributed by atoms with van der Waals surface area (Å²) >= 11 is 0. The third kappa shape index (κ3) is 5.61. The lowest BCUT2D eigenvalue weighted by Gasteiger charge is -2.10. The monoisotopic (exact) mass is 374 g/mol. The van der Waals surface area contributed by atoms with E-state index in [0.29, 0.717) is 6.42 Å². The quantitative estimate of drug-likeness (QED) is 0.593. The molecule has 0 aromatic heterocycles. The van der Waals surface area contributed by atoms with Crippen molar-refractivity contribution in [1.82, 2.24) is 0 Å². The average molecular weight is 374 g/mol. The Kier molecular flexibility index (Phi) is 6.68. The van der Waals surface area contributed by atoms with Gasteiger partial charge in [0.1, 0.15) is 5.75 Å². The van der Waals surface area contributed by atoms with Gasteiger partial charge in [-0.1, -0.05) is 36.4 Å². The summed E-state index contributed by atoms with van der Waals surface area (Å²) < 4.78 is 5.25. The number of carbonyl (C=O) groups is 1. The zero-order valence-electron chi connectivity index (χ0n) is 16.4. The second-order valence-electron chi connectivity index (χ2n) is 6.76. The Labute approximate surface area is 166 Å². The lowest BCUT2D eigenvalue weighted by atomic mass is 10.1. The molecule has 3 rings (SSSR count). The van der Waals surface area contributed by atoms with Crippen LogP contribution in [0, 0.1) is 6.92 Å². The third-order valence-electron chi connectivity index (χ3n) is 4.66. The number of aryl methyl sites for hydroxylation is 1. The van der Waals surface area contributed by atoms with Crippen molar-refractivity contribution in [3.05, 3.63) is 89.5 Å². The van der Waals surface area contributed by atoms with E-state index in [-0.39, 0.29) is 5.91 Å². The highest BCUT2D eigenvalue weighted by Crippen LogP contribution is 2.16. The standard InChI is InChI=1S/C24H26N2O2/c1-18-6-3-4-8-20(18)17-24(27)26-22-12-10-21(11-13-22)25-15-14-19-7-5-9-23(16-19)28-2/h3-13,16,25H,14-15,17H2,1-2H3,(H,26,27). The smallest absolute Gasteiger partial charge is 0.228 e. The summed E-state index contributed by atoms with van der Waals surface area (Å²) in [5, 5.41) is 6.36. The number of hydrogen-bond donors (Lipinski definition) is 2. The molecule has 0 aliphatic heterocycles. The summed E-state index contributed by atoms with van der Waals surface area (Å²) in [5.41, 5.74) is 5.24. The number of amides is 1. The van der Waals surface area contributed by atoms with Crippen LogP contribution in [0.3, 0.4) is 0 Å². The van der Waals surface area contributed by atoms with Crippen molar-refractivity contribution in [2.24, 2.45) is 0 Å². The van der Waals surface area contributed by atoms with Crippen molar-refractivity contribution in [3.63, 3.8) is 0 Å². The van der Waals surface area contributed by atoms with Gasteiger partial charge in [-0.3, -0.25) is 4.79 Å². The van der Waals surface area contributed by atoms with Gasteiger partial charge in [-0.2, -0.15) is 0 Å². The molecule has 0 saturated heterocycles. The second kappa shape index (κ2) is 9.60. The Morgan fingerprint density at radius 3 is 2.43 bits per heavy atom. The van der Waals surface area contributed by atoms with E-state index in [4.69, 9.17) is 4.74 Å². The first-order valence-corrected chi connectivity index (χ1v) is 9.45. The van der Waals surface area contributed by atoms with Crippen molar-refractivity contribution in [2.75, 3.05) is 24.3 Å². The van der Waals surface area contributed by atoms with Crippen LogP contribution in [0.15, 0.2) is 72.8 Å². The first-order valence-electron chi connectivity index (χ1n) is 9.45. The van der Waals surface area contributed by atoms with Crippen LogP contribution in [0.5, 0.6) is 5.75 Å². The average Bonchev–Trinajstić information content (AvgIpc) is 2.71. The number of rotatable bonds is 8. The van der Waals surface area contributed by atoms with E-state index < -0.39 is 0 Å². The molecule has 4 heteroatoms. The summed E-state index contributed by atoms with van der Waals surface area (Å²) in [4.78, 5) is 12.3. The number of methoxy groups -OCH3 is 1. The van der Waals surface area contributed by atoms with E-state index in [2.05, 4.69) is 22.8 Å². The lowest BCUT2D eigenvalue weighted by Crippen LogP contribution is -2.15. The van der Waals surface area contributed by atoms with Gasteiger partial charge < -0.3 is 15.4 Å². The molecular formula is C24H26N2O2. The molecule has 1 amide bonds. The van der Waals surface area contributed by atoms with E-state index in [1.165, 1.54) is 5.56 Å². The molecule has 0 saturated carbocycles. The number of anilines is 2. The maximum atomic E-state index is 12.3. The van der Waals surface area contributed by atoms with Gasteiger partial charge in [0.25, 0.3) is 0 Å². The summed E-state index contributed by atoms with van der Waals surface area (Å²) in [6.45, 7) is 2.85. The van der Waals surface area contributed by atoms with Crippen molar-refractivity contribution in [3.8, 4) is 5.75 Å². The van der Waals surface area contributed by atoms with Gasteiger partial charge in [0.05, 0.1) is 13.5 Å². The van der Waals surface area contributed by atoms with E-state index in [1.54, 1.807) is 7.11 Å². The van der Waals surface area contributed by atoms with Crippen LogP contribution >= 0.6 is 0 Å². The number of hydrogen-bond acceptors (Lipinski definition) is 3. The minimum atomic E-state index is -0.00645. The Bertz CT molecular complexity index is 920. The van der Waals surface area contributed by atoms with Gasteiger partial charge in [-0.25, -0.2) is 0 Å². The molecule has 0 unspecified atom stereocenters. The maximum absolute atomic E-state index is 12.3. The van der Waals surface area contributed by atoms with E-state index in [9.17, 15) is 4.79 Å². The van der Waals surface area contributed by atoms with Crippen molar-refractivity contribution >= 4 is 17.3 Å². The van der Waals surface area contributed by atoms with Gasteiger partial charge in [-0.05, 0) is 66.4 Å². The van der Waals surface area contributed by atoms with Crippen LogP contribution in [-0.2, 0) is 17.6 Å². The molecule has 0 bridgehead atoms. The highest BCUT2D eigenvalue weighted by Gasteiger charge is 2.06. The topological polar surface area (TPSA) is 50.4 Å². The van der Waals surface area contributed by atoms with Crippen molar-refractivity contribution < 1.29 is 9.53 Å². The van der Waals surface area contributed by atoms with Crippen LogP contribution in [0.25, 0.3) is 0 Å². The molecule has 0 aliphatic carbocycles. The predicted octanol–water partition coefficient (Wildman–Crippen LogP) is 4.84. The van der Waals surface area contributed by atoms with Gasteiger partial charge >= 0.3 is 0 Å². The minimum Gasteiger partial charge on any atom is -0.497 e. The molecule has 3 aromatic rings. The number of nitrogens with one attached hydrogen (secondary N) is 2. The van der Waals surface area contributed by atoms with Crippen LogP contribution in [0.4, 0.5) is 11.4 Å². The highest BCUT2D eigenvalue weighted by molar-refractivity contribution is 5.92. The summed E-state index contributed by atoms with van der Waals surface area (Å²) in [7, 11) is 1.68. The fourth-order valence-corrected chi connectivity index (χ4v) is 3.04. The predicted molar refractivity (Wildman–Crippen MR) is 115 cm³/mol. The van der Waals surface area contributed by atoms with E-state index in [0.717, 1.165) is 41.2 Å². The van der Waals surface area contributed by atoms with E-state index >= 15 is 0 Å². The SMILES string of the molecule is COc1cccc(CCNc2ccc(NC(=O)Cc3ccccc3C)cc2)c1. The molecule has 28 heavy (non-hydrogen) atoms. The molecule has 3 aromatic carbocycles. The van der Waals surface area contributed by atoms with Crippen LogP contribution < -0.4 is 15.4 Å². The summed E-state index contributed by atoms with van der Waals surface area (Å²) in [6, 6.07) is 23.9. The molecule has 144 valence electrons. The molecule has 0 atom stereocenters. The van der Waals surface area contributed by atoms with Gasteiger partial charge in [0, 0.05) is 17.9 Å². The summed E-state index contributed by atoms with van der Waals surface area (Å²) in [5.74, 6) is 0.872. The Morgan fingerprint density at radius 2 is 1.68 bits per heavy atom. The van der Waals surface area contributed by atoms with Crippen molar-refractivity contribution in [1.29, 1.82) is 0 Å². The molecule has 2 N–H and O–H groups in total. The molecule has 0 heterocycles. The molecule has 0 aliphatic rings. The van der Waals surface area contributed by atoms with Gasteiger partial charge in [0.2, 0.25) is 5.91 Å². The fraction of sp³-hybridized carbons (Fsp3) is 0.208. The van der Waals surface area contributed by atoms with Crippen molar-refractivity contribution in [2.45, 2.75) is 19.8 Å². The third-order valence-corrected chi connectivity index (χ3v) is 4.66. The van der Waals surface area contributed by atoms with E-state index in [1.807, 2.05) is 67.6 Å². The van der Waals surface area contributed by atoms with Crippen LogP contribution in [0.2, 0.25) is 0 Å². The lowest BCUT2D eigenvalue weighted by molar-refractivity contribution is -0.115. The fourth-order valence-electron chi connectivity index (χ4n) is 3.04. The highest BCUT2D eigenvalue weighted by atomic mass is 16.5. The molecule has 4 nitrogen and oxygen atoms in total.